The topological polar surface area (TPSA) is 58.6 Å². The van der Waals surface area contributed by atoms with Gasteiger partial charge in [-0.1, -0.05) is 6.92 Å². The standard InChI is InChI=1S/C11H22N2O3/c1-5-7-12-13(8-6-9-14)10(15)16-11(2,3)4/h9,12H,5-8H2,1-4H3. The molecule has 5 heteroatoms. The highest BCUT2D eigenvalue weighted by atomic mass is 16.6. The molecule has 0 saturated heterocycles. The van der Waals surface area contributed by atoms with Gasteiger partial charge in [0.15, 0.2) is 0 Å². The number of hydrogen-bond acceptors (Lipinski definition) is 4. The number of carbonyl (C=O) groups is 2. The van der Waals surface area contributed by atoms with Crippen LogP contribution in [-0.4, -0.2) is 36.1 Å². The molecule has 0 heterocycles. The third-order valence-electron chi connectivity index (χ3n) is 1.64. The Morgan fingerprint density at radius 3 is 2.50 bits per heavy atom. The van der Waals surface area contributed by atoms with Crippen LogP contribution in [0.15, 0.2) is 0 Å². The fourth-order valence-electron chi connectivity index (χ4n) is 0.980. The number of hydrazine groups is 1. The van der Waals surface area contributed by atoms with Crippen molar-refractivity contribution < 1.29 is 14.3 Å². The average molecular weight is 230 g/mol. The first kappa shape index (κ1) is 14.9. The summed E-state index contributed by atoms with van der Waals surface area (Å²) in [7, 11) is 0. The summed E-state index contributed by atoms with van der Waals surface area (Å²) in [5.74, 6) is 0. The number of aldehydes is 1. The first-order chi connectivity index (χ1) is 7.40. The van der Waals surface area contributed by atoms with Gasteiger partial charge in [-0.05, 0) is 27.2 Å². The molecule has 0 unspecified atom stereocenters. The van der Waals surface area contributed by atoms with Crippen molar-refractivity contribution in [2.45, 2.75) is 46.1 Å². The molecule has 1 N–H and O–H groups in total. The van der Waals surface area contributed by atoms with Crippen LogP contribution in [0.5, 0.6) is 0 Å². The van der Waals surface area contributed by atoms with E-state index in [9.17, 15) is 9.59 Å². The van der Waals surface area contributed by atoms with Crippen molar-refractivity contribution in [3.63, 3.8) is 0 Å². The lowest BCUT2D eigenvalue weighted by Gasteiger charge is -2.27. The molecule has 0 saturated carbocycles. The predicted molar refractivity (Wildman–Crippen MR) is 61.9 cm³/mol. The van der Waals surface area contributed by atoms with Gasteiger partial charge in [0, 0.05) is 19.5 Å². The summed E-state index contributed by atoms with van der Waals surface area (Å²) in [4.78, 5) is 22.0. The van der Waals surface area contributed by atoms with Gasteiger partial charge in [-0.3, -0.25) is 0 Å². The number of carbonyl (C=O) groups excluding carboxylic acids is 2. The van der Waals surface area contributed by atoms with Crippen molar-refractivity contribution >= 4 is 12.4 Å². The molecule has 0 aromatic heterocycles. The Bertz CT molecular complexity index is 224. The molecule has 1 amide bonds. The lowest BCUT2D eigenvalue weighted by Crippen LogP contribution is -2.46. The third-order valence-corrected chi connectivity index (χ3v) is 1.64. The van der Waals surface area contributed by atoms with Crippen molar-refractivity contribution in [1.29, 1.82) is 0 Å². The van der Waals surface area contributed by atoms with Crippen LogP contribution in [0.2, 0.25) is 0 Å². The zero-order valence-electron chi connectivity index (χ0n) is 10.6. The lowest BCUT2D eigenvalue weighted by atomic mass is 10.2. The number of nitrogens with one attached hydrogen (secondary N) is 1. The number of ether oxygens (including phenoxy) is 1. The molecule has 0 aliphatic rings. The van der Waals surface area contributed by atoms with Crippen LogP contribution in [-0.2, 0) is 9.53 Å². The molecular formula is C11H22N2O3. The molecular weight excluding hydrogens is 208 g/mol. The van der Waals surface area contributed by atoms with Crippen LogP contribution in [0.3, 0.4) is 0 Å². The largest absolute Gasteiger partial charge is 0.443 e. The van der Waals surface area contributed by atoms with Crippen LogP contribution >= 0.6 is 0 Å². The molecule has 0 aliphatic carbocycles. The predicted octanol–water partition coefficient (Wildman–Crippen LogP) is 1.73. The third kappa shape index (κ3) is 7.23. The maximum Gasteiger partial charge on any atom is 0.424 e. The summed E-state index contributed by atoms with van der Waals surface area (Å²) in [6.07, 6.45) is 1.55. The molecule has 5 nitrogen and oxygen atoms in total. The van der Waals surface area contributed by atoms with E-state index in [4.69, 9.17) is 4.74 Å². The number of rotatable bonds is 6. The van der Waals surface area contributed by atoms with Crippen LogP contribution in [0, 0.1) is 0 Å². The first-order valence-corrected chi connectivity index (χ1v) is 5.58. The van der Waals surface area contributed by atoms with Gasteiger partial charge in [0.05, 0.1) is 0 Å². The Morgan fingerprint density at radius 2 is 2.06 bits per heavy atom. The van der Waals surface area contributed by atoms with Crippen molar-refractivity contribution in [1.82, 2.24) is 10.4 Å². The highest BCUT2D eigenvalue weighted by molar-refractivity contribution is 5.68. The second-order valence-corrected chi connectivity index (χ2v) is 4.50. The van der Waals surface area contributed by atoms with Crippen LogP contribution in [0.4, 0.5) is 4.79 Å². The monoisotopic (exact) mass is 230 g/mol. The normalized spacial score (nSPS) is 11.0. The van der Waals surface area contributed by atoms with Gasteiger partial charge >= 0.3 is 6.09 Å². The summed E-state index contributed by atoms with van der Waals surface area (Å²) >= 11 is 0. The van der Waals surface area contributed by atoms with E-state index < -0.39 is 11.7 Å². The smallest absolute Gasteiger partial charge is 0.424 e. The van der Waals surface area contributed by atoms with E-state index in [0.29, 0.717) is 19.5 Å². The van der Waals surface area contributed by atoms with E-state index in [1.54, 1.807) is 0 Å². The van der Waals surface area contributed by atoms with Crippen molar-refractivity contribution in [3.8, 4) is 0 Å². The molecule has 0 aromatic carbocycles. The van der Waals surface area contributed by atoms with E-state index in [-0.39, 0.29) is 0 Å². The molecule has 0 atom stereocenters. The second kappa shape index (κ2) is 7.22. The van der Waals surface area contributed by atoms with Gasteiger partial charge < -0.3 is 9.53 Å². The fraction of sp³-hybridized carbons (Fsp3) is 0.818. The zero-order valence-corrected chi connectivity index (χ0v) is 10.6. The van der Waals surface area contributed by atoms with Crippen LogP contribution in [0.1, 0.15) is 40.5 Å². The molecule has 0 aromatic rings. The molecule has 0 spiro atoms. The average Bonchev–Trinajstić information content (AvgIpc) is 2.15. The summed E-state index contributed by atoms with van der Waals surface area (Å²) < 4.78 is 5.20. The van der Waals surface area contributed by atoms with Crippen molar-refractivity contribution in [2.24, 2.45) is 0 Å². The van der Waals surface area contributed by atoms with Crippen LogP contribution < -0.4 is 5.43 Å². The Balaban J connectivity index is 4.24. The van der Waals surface area contributed by atoms with Gasteiger partial charge in [-0.25, -0.2) is 15.2 Å². The summed E-state index contributed by atoms with van der Waals surface area (Å²) in [6, 6.07) is 0. The molecule has 94 valence electrons. The minimum Gasteiger partial charge on any atom is -0.443 e. The van der Waals surface area contributed by atoms with E-state index >= 15 is 0 Å². The number of nitrogens with zero attached hydrogens (tertiary/aromatic N) is 1. The van der Waals surface area contributed by atoms with Gasteiger partial charge in [-0.2, -0.15) is 0 Å². The Hall–Kier alpha value is -1.10. The maximum absolute atomic E-state index is 11.7. The van der Waals surface area contributed by atoms with E-state index in [0.717, 1.165) is 12.7 Å². The van der Waals surface area contributed by atoms with Crippen molar-refractivity contribution in [3.05, 3.63) is 0 Å². The highest BCUT2D eigenvalue weighted by Crippen LogP contribution is 2.09. The minimum absolute atomic E-state index is 0.302. The van der Waals surface area contributed by atoms with Gasteiger partial charge in [0.1, 0.15) is 11.9 Å². The molecule has 0 rings (SSSR count). The SMILES string of the molecule is CCCNN(CCC=O)C(=O)OC(C)(C)C. The van der Waals surface area contributed by atoms with Gasteiger partial charge in [0.2, 0.25) is 0 Å². The Kier molecular flexibility index (Phi) is 6.72. The van der Waals surface area contributed by atoms with Gasteiger partial charge in [-0.15, -0.1) is 0 Å². The van der Waals surface area contributed by atoms with Crippen molar-refractivity contribution in [2.75, 3.05) is 13.1 Å². The molecule has 16 heavy (non-hydrogen) atoms. The zero-order chi connectivity index (χ0) is 12.6. The molecule has 0 radical (unpaired) electrons. The quantitative estimate of drug-likeness (QED) is 0.557. The Morgan fingerprint density at radius 1 is 1.44 bits per heavy atom. The summed E-state index contributed by atoms with van der Waals surface area (Å²) in [5.41, 5.74) is 2.40. The minimum atomic E-state index is -0.523. The summed E-state index contributed by atoms with van der Waals surface area (Å²) in [5, 5.41) is 1.35. The Labute approximate surface area is 97.1 Å². The molecule has 0 fully saturated rings. The van der Waals surface area contributed by atoms with E-state index in [1.165, 1.54) is 5.01 Å². The molecule has 0 aliphatic heterocycles. The number of hydrogen-bond donors (Lipinski definition) is 1. The number of amides is 1. The fourth-order valence-corrected chi connectivity index (χ4v) is 0.980. The lowest BCUT2D eigenvalue weighted by molar-refractivity contribution is -0.108. The van der Waals surface area contributed by atoms with Crippen LogP contribution in [0.25, 0.3) is 0 Å². The van der Waals surface area contributed by atoms with E-state index in [1.807, 2.05) is 27.7 Å². The summed E-state index contributed by atoms with van der Waals surface area (Å²) in [6.45, 7) is 8.43. The maximum atomic E-state index is 11.7. The van der Waals surface area contributed by atoms with Gasteiger partial charge in [0.25, 0.3) is 0 Å². The highest BCUT2D eigenvalue weighted by Gasteiger charge is 2.21. The first-order valence-electron chi connectivity index (χ1n) is 5.58. The molecule has 0 bridgehead atoms. The van der Waals surface area contributed by atoms with E-state index in [2.05, 4.69) is 5.43 Å². The second-order valence-electron chi connectivity index (χ2n) is 4.50.